The number of nitrogens with two attached hydrogens (primary N) is 1. The highest BCUT2D eigenvalue weighted by Gasteiger charge is 2.16. The topological polar surface area (TPSA) is 125 Å². The maximum absolute atomic E-state index is 11.3. The van der Waals surface area contributed by atoms with Crippen LogP contribution in [-0.2, 0) is 23.6 Å². The zero-order valence-electron chi connectivity index (χ0n) is 14.1. The molecule has 3 aromatic rings. The predicted octanol–water partition coefficient (Wildman–Crippen LogP) is 1.78. The van der Waals surface area contributed by atoms with E-state index in [1.54, 1.807) is 23.9 Å². The van der Waals surface area contributed by atoms with E-state index in [-0.39, 0.29) is 10.9 Å². The summed E-state index contributed by atoms with van der Waals surface area (Å²) in [5, 5.41) is 13.4. The van der Waals surface area contributed by atoms with Crippen molar-refractivity contribution in [1.29, 1.82) is 0 Å². The van der Waals surface area contributed by atoms with Crippen LogP contribution in [0.2, 0.25) is 0 Å². The van der Waals surface area contributed by atoms with Gasteiger partial charge in [0.1, 0.15) is 10.4 Å². The fraction of sp³-hybridized carbons (Fsp3) is 0.267. The zero-order chi connectivity index (χ0) is 18.9. The molecular weight excluding hydrogens is 424 g/mol. The molecular formula is C15H17BrN6O3S. The van der Waals surface area contributed by atoms with Gasteiger partial charge in [-0.15, -0.1) is 0 Å². The Hall–Kier alpha value is -2.24. The van der Waals surface area contributed by atoms with Crippen molar-refractivity contribution in [3.63, 3.8) is 0 Å². The lowest BCUT2D eigenvalue weighted by Gasteiger charge is -2.10. The molecule has 0 amide bonds. The minimum absolute atomic E-state index is 0.0688. The number of rotatable bonds is 6. The normalized spacial score (nSPS) is 11.7. The maximum Gasteiger partial charge on any atom is 0.320 e. The standard InChI is InChI=1S/C15H17BrN6O3S/c1-3-25-15-19-13(11-12(16)21-22(2)14(11)20-15)18-8-9-4-6-10(7-5-9)26(17,23)24/h4-7H,3,8H2,1-2H3,(H2,17,23,24)(H,18,19,20). The molecule has 0 unspecified atom stereocenters. The minimum atomic E-state index is -3.71. The number of hydrogen-bond acceptors (Lipinski definition) is 7. The third-order valence-electron chi connectivity index (χ3n) is 3.61. The largest absolute Gasteiger partial charge is 0.464 e. The molecule has 9 nitrogen and oxygen atoms in total. The molecule has 0 spiro atoms. The molecule has 0 bridgehead atoms. The molecule has 0 fully saturated rings. The van der Waals surface area contributed by atoms with E-state index in [4.69, 9.17) is 9.88 Å². The molecule has 2 aromatic heterocycles. The van der Waals surface area contributed by atoms with Crippen LogP contribution < -0.4 is 15.2 Å². The van der Waals surface area contributed by atoms with Crippen molar-refractivity contribution in [2.45, 2.75) is 18.4 Å². The lowest BCUT2D eigenvalue weighted by Crippen LogP contribution is -2.12. The summed E-state index contributed by atoms with van der Waals surface area (Å²) >= 11 is 3.42. The van der Waals surface area contributed by atoms with Crippen molar-refractivity contribution >= 4 is 42.8 Å². The van der Waals surface area contributed by atoms with Gasteiger partial charge in [-0.25, -0.2) is 18.2 Å². The van der Waals surface area contributed by atoms with Gasteiger partial charge in [-0.1, -0.05) is 12.1 Å². The second-order valence-electron chi connectivity index (χ2n) is 5.44. The highest BCUT2D eigenvalue weighted by Crippen LogP contribution is 2.29. The maximum atomic E-state index is 11.3. The Balaban J connectivity index is 1.90. The number of nitrogens with zero attached hydrogens (tertiary/aromatic N) is 4. The van der Waals surface area contributed by atoms with E-state index in [1.165, 1.54) is 12.1 Å². The SMILES string of the molecule is CCOc1nc(NCc2ccc(S(N)(=O)=O)cc2)c2c(Br)nn(C)c2n1. The highest BCUT2D eigenvalue weighted by molar-refractivity contribution is 9.10. The average molecular weight is 441 g/mol. The first-order chi connectivity index (χ1) is 12.3. The number of fused-ring (bicyclic) bond motifs is 1. The van der Waals surface area contributed by atoms with Gasteiger partial charge < -0.3 is 10.1 Å². The molecule has 0 radical (unpaired) electrons. The van der Waals surface area contributed by atoms with E-state index >= 15 is 0 Å². The Morgan fingerprint density at radius 2 is 1.96 bits per heavy atom. The van der Waals surface area contributed by atoms with Gasteiger partial charge in [0.15, 0.2) is 5.65 Å². The van der Waals surface area contributed by atoms with E-state index in [0.29, 0.717) is 29.2 Å². The number of anilines is 1. The fourth-order valence-electron chi connectivity index (χ4n) is 2.39. The van der Waals surface area contributed by atoms with Crippen LogP contribution in [-0.4, -0.2) is 34.8 Å². The van der Waals surface area contributed by atoms with E-state index in [2.05, 4.69) is 36.3 Å². The van der Waals surface area contributed by atoms with Gasteiger partial charge in [0.2, 0.25) is 10.0 Å². The second-order valence-corrected chi connectivity index (χ2v) is 7.76. The summed E-state index contributed by atoms with van der Waals surface area (Å²) in [5.74, 6) is 0.564. The number of nitrogens with one attached hydrogen (secondary N) is 1. The van der Waals surface area contributed by atoms with Gasteiger partial charge in [0.05, 0.1) is 16.9 Å². The van der Waals surface area contributed by atoms with Crippen LogP contribution in [0.1, 0.15) is 12.5 Å². The zero-order valence-corrected chi connectivity index (χ0v) is 16.5. The number of aromatic nitrogens is 4. The first-order valence-electron chi connectivity index (χ1n) is 7.68. The summed E-state index contributed by atoms with van der Waals surface area (Å²) in [4.78, 5) is 8.82. The van der Waals surface area contributed by atoms with Crippen molar-refractivity contribution in [3.05, 3.63) is 34.4 Å². The number of primary sulfonamides is 1. The monoisotopic (exact) mass is 440 g/mol. The Labute approximate surface area is 158 Å². The molecule has 0 aliphatic rings. The molecule has 3 N–H and O–H groups in total. The third kappa shape index (κ3) is 3.79. The van der Waals surface area contributed by atoms with Gasteiger partial charge in [0, 0.05) is 13.6 Å². The average Bonchev–Trinajstić information content (AvgIpc) is 2.87. The number of halogens is 1. The number of sulfonamides is 1. The Bertz CT molecular complexity index is 1050. The molecule has 0 aliphatic heterocycles. The van der Waals surface area contributed by atoms with Gasteiger partial charge in [-0.05, 0) is 40.5 Å². The van der Waals surface area contributed by atoms with Crippen LogP contribution in [0.25, 0.3) is 11.0 Å². The Kier molecular flexibility index (Phi) is 5.12. The van der Waals surface area contributed by atoms with E-state index in [9.17, 15) is 8.42 Å². The molecule has 0 atom stereocenters. The summed E-state index contributed by atoms with van der Waals surface area (Å²) in [7, 11) is -1.92. The summed E-state index contributed by atoms with van der Waals surface area (Å²) in [5.41, 5.74) is 1.49. The molecule has 3 rings (SSSR count). The third-order valence-corrected chi connectivity index (χ3v) is 5.09. The molecule has 2 heterocycles. The van der Waals surface area contributed by atoms with Crippen LogP contribution in [0.4, 0.5) is 5.82 Å². The molecule has 138 valence electrons. The second kappa shape index (κ2) is 7.17. The first-order valence-corrected chi connectivity index (χ1v) is 10.0. The molecule has 26 heavy (non-hydrogen) atoms. The summed E-state index contributed by atoms with van der Waals surface area (Å²) in [6, 6.07) is 6.56. The highest BCUT2D eigenvalue weighted by atomic mass is 79.9. The van der Waals surface area contributed by atoms with Crippen LogP contribution in [0.15, 0.2) is 33.8 Å². The molecule has 0 saturated heterocycles. The lowest BCUT2D eigenvalue weighted by atomic mass is 10.2. The smallest absolute Gasteiger partial charge is 0.320 e. The molecule has 1 aromatic carbocycles. The van der Waals surface area contributed by atoms with Crippen molar-refractivity contribution in [2.24, 2.45) is 12.2 Å². The van der Waals surface area contributed by atoms with Crippen molar-refractivity contribution in [1.82, 2.24) is 19.7 Å². The van der Waals surface area contributed by atoms with E-state index in [1.807, 2.05) is 6.92 Å². The first kappa shape index (κ1) is 18.5. The van der Waals surface area contributed by atoms with Crippen LogP contribution in [0.3, 0.4) is 0 Å². The summed E-state index contributed by atoms with van der Waals surface area (Å²) in [6.45, 7) is 2.72. The quantitative estimate of drug-likeness (QED) is 0.598. The van der Waals surface area contributed by atoms with Gasteiger partial charge in [0.25, 0.3) is 0 Å². The summed E-state index contributed by atoms with van der Waals surface area (Å²) in [6.07, 6.45) is 0. The van der Waals surface area contributed by atoms with Crippen molar-refractivity contribution < 1.29 is 13.2 Å². The van der Waals surface area contributed by atoms with E-state index in [0.717, 1.165) is 10.9 Å². The Morgan fingerprint density at radius 3 is 2.58 bits per heavy atom. The number of hydrogen-bond donors (Lipinski definition) is 2. The predicted molar refractivity (Wildman–Crippen MR) is 100 cm³/mol. The molecule has 0 saturated carbocycles. The van der Waals surface area contributed by atoms with Crippen LogP contribution in [0, 0.1) is 0 Å². The number of benzene rings is 1. The number of ether oxygens (including phenoxy) is 1. The van der Waals surface area contributed by atoms with Crippen molar-refractivity contribution in [2.75, 3.05) is 11.9 Å². The van der Waals surface area contributed by atoms with Crippen LogP contribution >= 0.6 is 15.9 Å². The van der Waals surface area contributed by atoms with Crippen LogP contribution in [0.5, 0.6) is 6.01 Å². The molecule has 11 heteroatoms. The summed E-state index contributed by atoms with van der Waals surface area (Å²) < 4.78 is 30.3. The molecule has 0 aliphatic carbocycles. The number of aryl methyl sites for hydroxylation is 1. The minimum Gasteiger partial charge on any atom is -0.464 e. The van der Waals surface area contributed by atoms with Gasteiger partial charge >= 0.3 is 6.01 Å². The Morgan fingerprint density at radius 1 is 1.27 bits per heavy atom. The fourth-order valence-corrected chi connectivity index (χ4v) is 3.50. The van der Waals surface area contributed by atoms with Gasteiger partial charge in [-0.3, -0.25) is 0 Å². The van der Waals surface area contributed by atoms with Gasteiger partial charge in [-0.2, -0.15) is 15.1 Å². The van der Waals surface area contributed by atoms with Crippen molar-refractivity contribution in [3.8, 4) is 6.01 Å². The van der Waals surface area contributed by atoms with E-state index < -0.39 is 10.0 Å². The lowest BCUT2D eigenvalue weighted by molar-refractivity contribution is 0.314.